The molecule has 0 bridgehead atoms. The van der Waals surface area contributed by atoms with E-state index in [1.165, 1.54) is 5.69 Å². The molecule has 0 amide bonds. The van der Waals surface area contributed by atoms with Crippen LogP contribution in [0.3, 0.4) is 0 Å². The molecule has 0 atom stereocenters. The molecule has 0 saturated carbocycles. The number of hydrogen-bond acceptors (Lipinski definition) is 4. The zero-order valence-electron chi connectivity index (χ0n) is 11.9. The quantitative estimate of drug-likeness (QED) is 0.917. The van der Waals surface area contributed by atoms with Gasteiger partial charge < -0.3 is 10.2 Å². The third-order valence-corrected chi connectivity index (χ3v) is 3.96. The van der Waals surface area contributed by atoms with Gasteiger partial charge in [0.15, 0.2) is 0 Å². The van der Waals surface area contributed by atoms with Crippen LogP contribution in [0.1, 0.15) is 18.5 Å². The third kappa shape index (κ3) is 2.99. The van der Waals surface area contributed by atoms with Crippen molar-refractivity contribution in [2.75, 3.05) is 18.0 Å². The van der Waals surface area contributed by atoms with Crippen LogP contribution >= 0.6 is 0 Å². The van der Waals surface area contributed by atoms with Crippen molar-refractivity contribution in [1.29, 1.82) is 0 Å². The molecule has 1 aliphatic rings. The number of anilines is 1. The molecule has 0 unspecified atom stereocenters. The second-order valence-corrected chi connectivity index (χ2v) is 5.28. The van der Waals surface area contributed by atoms with Crippen LogP contribution in [0.25, 0.3) is 0 Å². The van der Waals surface area contributed by atoms with Gasteiger partial charge in [0.1, 0.15) is 5.82 Å². The van der Waals surface area contributed by atoms with Gasteiger partial charge in [0.2, 0.25) is 0 Å². The van der Waals surface area contributed by atoms with Crippen LogP contribution in [0.2, 0.25) is 0 Å². The SMILES string of the molecule is Cn1nccc1CNC1CCN(c2ccccn2)CC1. The van der Waals surface area contributed by atoms with Crippen molar-refractivity contribution in [1.82, 2.24) is 20.1 Å². The molecule has 0 aliphatic carbocycles. The fourth-order valence-electron chi connectivity index (χ4n) is 2.68. The highest BCUT2D eigenvalue weighted by molar-refractivity contribution is 5.38. The van der Waals surface area contributed by atoms with Crippen molar-refractivity contribution in [3.63, 3.8) is 0 Å². The van der Waals surface area contributed by atoms with Crippen molar-refractivity contribution in [3.8, 4) is 0 Å². The lowest BCUT2D eigenvalue weighted by Gasteiger charge is -2.33. The normalized spacial score (nSPS) is 16.6. The van der Waals surface area contributed by atoms with Gasteiger partial charge in [0, 0.05) is 45.1 Å². The number of aromatic nitrogens is 3. The number of aryl methyl sites for hydroxylation is 1. The van der Waals surface area contributed by atoms with Crippen molar-refractivity contribution >= 4 is 5.82 Å². The van der Waals surface area contributed by atoms with Gasteiger partial charge in [-0.05, 0) is 31.0 Å². The van der Waals surface area contributed by atoms with Crippen molar-refractivity contribution in [3.05, 3.63) is 42.4 Å². The van der Waals surface area contributed by atoms with Crippen LogP contribution in [0.4, 0.5) is 5.82 Å². The fourth-order valence-corrected chi connectivity index (χ4v) is 2.68. The van der Waals surface area contributed by atoms with Gasteiger partial charge in [-0.25, -0.2) is 4.98 Å². The summed E-state index contributed by atoms with van der Waals surface area (Å²) in [7, 11) is 1.99. The summed E-state index contributed by atoms with van der Waals surface area (Å²) in [5.41, 5.74) is 1.23. The Morgan fingerprint density at radius 1 is 1.20 bits per heavy atom. The Bertz CT molecular complexity index is 528. The van der Waals surface area contributed by atoms with Gasteiger partial charge >= 0.3 is 0 Å². The Balaban J connectivity index is 1.48. The molecule has 5 heteroatoms. The van der Waals surface area contributed by atoms with Crippen LogP contribution in [0, 0.1) is 0 Å². The highest BCUT2D eigenvalue weighted by Gasteiger charge is 2.19. The van der Waals surface area contributed by atoms with Crippen molar-refractivity contribution in [2.24, 2.45) is 7.05 Å². The average molecular weight is 271 g/mol. The maximum absolute atomic E-state index is 4.42. The number of pyridine rings is 1. The maximum Gasteiger partial charge on any atom is 0.128 e. The largest absolute Gasteiger partial charge is 0.357 e. The molecular formula is C15H21N5. The average Bonchev–Trinajstić information content (AvgIpc) is 2.92. The summed E-state index contributed by atoms with van der Waals surface area (Å²) in [6.45, 7) is 3.03. The van der Waals surface area contributed by atoms with E-state index < -0.39 is 0 Å². The standard InChI is InChI=1S/C15H21N5/c1-19-14(5-9-18-19)12-17-13-6-10-20(11-7-13)15-4-2-3-8-16-15/h2-5,8-9,13,17H,6-7,10-12H2,1H3. The zero-order valence-corrected chi connectivity index (χ0v) is 11.9. The first-order chi connectivity index (χ1) is 9.83. The van der Waals surface area contributed by atoms with E-state index in [4.69, 9.17) is 0 Å². The molecule has 3 rings (SSSR count). The Morgan fingerprint density at radius 2 is 2.05 bits per heavy atom. The molecule has 1 fully saturated rings. The Hall–Kier alpha value is -1.88. The van der Waals surface area contributed by atoms with E-state index in [-0.39, 0.29) is 0 Å². The van der Waals surface area contributed by atoms with E-state index in [0.29, 0.717) is 6.04 Å². The van der Waals surface area contributed by atoms with Crippen molar-refractivity contribution in [2.45, 2.75) is 25.4 Å². The first kappa shape index (κ1) is 13.1. The van der Waals surface area contributed by atoms with Crippen molar-refractivity contribution < 1.29 is 0 Å². The minimum atomic E-state index is 0.588. The van der Waals surface area contributed by atoms with Gasteiger partial charge in [-0.2, -0.15) is 5.10 Å². The summed E-state index contributed by atoms with van der Waals surface area (Å²) < 4.78 is 1.93. The summed E-state index contributed by atoms with van der Waals surface area (Å²) in [6, 6.07) is 8.75. The molecule has 106 valence electrons. The number of piperidine rings is 1. The second-order valence-electron chi connectivity index (χ2n) is 5.28. The maximum atomic E-state index is 4.42. The van der Waals surface area contributed by atoms with Crippen LogP contribution < -0.4 is 10.2 Å². The Labute approximate surface area is 119 Å². The molecule has 1 aliphatic heterocycles. The second kappa shape index (κ2) is 6.05. The number of hydrogen-bond donors (Lipinski definition) is 1. The first-order valence-electron chi connectivity index (χ1n) is 7.19. The van der Waals surface area contributed by atoms with Gasteiger partial charge in [-0.1, -0.05) is 6.07 Å². The molecule has 2 aromatic rings. The summed E-state index contributed by atoms with van der Waals surface area (Å²) in [5, 5.41) is 7.82. The minimum absolute atomic E-state index is 0.588. The molecule has 0 aromatic carbocycles. The van der Waals surface area contributed by atoms with Gasteiger partial charge in [-0.3, -0.25) is 4.68 Å². The molecule has 1 saturated heterocycles. The summed E-state index contributed by atoms with van der Waals surface area (Å²) in [6.07, 6.45) is 6.03. The molecule has 2 aromatic heterocycles. The molecule has 1 N–H and O–H groups in total. The van der Waals surface area contributed by atoms with Crippen LogP contribution in [-0.2, 0) is 13.6 Å². The Morgan fingerprint density at radius 3 is 2.70 bits per heavy atom. The number of nitrogens with one attached hydrogen (secondary N) is 1. The lowest BCUT2D eigenvalue weighted by Crippen LogP contribution is -2.42. The predicted molar refractivity (Wildman–Crippen MR) is 79.5 cm³/mol. The fraction of sp³-hybridized carbons (Fsp3) is 0.467. The van der Waals surface area contributed by atoms with E-state index in [1.807, 2.05) is 30.2 Å². The summed E-state index contributed by atoms with van der Waals surface area (Å²) >= 11 is 0. The molecule has 0 radical (unpaired) electrons. The van der Waals surface area contributed by atoms with Crippen LogP contribution in [0.15, 0.2) is 36.7 Å². The topological polar surface area (TPSA) is 46.0 Å². The lowest BCUT2D eigenvalue weighted by molar-refractivity contribution is 0.407. The van der Waals surface area contributed by atoms with E-state index in [0.717, 1.165) is 38.3 Å². The first-order valence-corrected chi connectivity index (χ1v) is 7.19. The van der Waals surface area contributed by atoms with Crippen LogP contribution in [0.5, 0.6) is 0 Å². The molecule has 20 heavy (non-hydrogen) atoms. The monoisotopic (exact) mass is 271 g/mol. The van der Waals surface area contributed by atoms with Gasteiger partial charge in [0.25, 0.3) is 0 Å². The molecule has 0 spiro atoms. The van der Waals surface area contributed by atoms with Gasteiger partial charge in [0.05, 0.1) is 5.69 Å². The molecule has 3 heterocycles. The van der Waals surface area contributed by atoms with E-state index in [2.05, 4.69) is 38.5 Å². The van der Waals surface area contributed by atoms with E-state index in [1.54, 1.807) is 0 Å². The minimum Gasteiger partial charge on any atom is -0.357 e. The summed E-state index contributed by atoms with van der Waals surface area (Å²) in [4.78, 5) is 6.78. The van der Waals surface area contributed by atoms with E-state index >= 15 is 0 Å². The highest BCUT2D eigenvalue weighted by atomic mass is 15.3. The predicted octanol–water partition coefficient (Wildman–Crippen LogP) is 1.57. The van der Waals surface area contributed by atoms with Crippen LogP contribution in [-0.4, -0.2) is 33.9 Å². The highest BCUT2D eigenvalue weighted by Crippen LogP contribution is 2.17. The van der Waals surface area contributed by atoms with E-state index in [9.17, 15) is 0 Å². The third-order valence-electron chi connectivity index (χ3n) is 3.96. The lowest BCUT2D eigenvalue weighted by atomic mass is 10.0. The number of rotatable bonds is 4. The van der Waals surface area contributed by atoms with Gasteiger partial charge in [-0.15, -0.1) is 0 Å². The molecule has 5 nitrogen and oxygen atoms in total. The smallest absolute Gasteiger partial charge is 0.128 e. The zero-order chi connectivity index (χ0) is 13.8. The summed E-state index contributed by atoms with van der Waals surface area (Å²) in [5.74, 6) is 1.09. The number of nitrogens with zero attached hydrogens (tertiary/aromatic N) is 4. The molecular weight excluding hydrogens is 250 g/mol. The Kier molecular flexibility index (Phi) is 3.97.